The number of aryl methyl sites for hydroxylation is 1. The van der Waals surface area contributed by atoms with Crippen molar-refractivity contribution in [3.05, 3.63) is 65.6 Å². The molecule has 2 N–H and O–H groups in total. The lowest BCUT2D eigenvalue weighted by molar-refractivity contribution is 0.762. The van der Waals surface area contributed by atoms with Crippen molar-refractivity contribution in [1.29, 1.82) is 0 Å². The molecular weight excluding hydrogens is 451 g/mol. The van der Waals surface area contributed by atoms with Crippen molar-refractivity contribution in [2.24, 2.45) is 4.99 Å². The molecule has 2 aromatic heterocycles. The second-order valence-corrected chi connectivity index (χ2v) is 6.04. The second kappa shape index (κ2) is 10.9. The zero-order valence-corrected chi connectivity index (χ0v) is 18.2. The van der Waals surface area contributed by atoms with E-state index >= 15 is 0 Å². The number of halogens is 1. The zero-order valence-electron chi connectivity index (χ0n) is 15.9. The van der Waals surface area contributed by atoms with Crippen LogP contribution in [-0.4, -0.2) is 33.6 Å². The molecule has 3 aromatic rings. The standard InChI is InChI=1S/C20H26N6.HI/c1-3-16-9-5-6-10-17(16)15-23-20(21-4-2)22-13-12-19-25-24-18-11-7-8-14-26(18)19;/h5-11,14H,3-4,12-13,15H2,1-2H3,(H2,21,22,23);1H. The van der Waals surface area contributed by atoms with Gasteiger partial charge in [0.1, 0.15) is 5.82 Å². The topological polar surface area (TPSA) is 66.6 Å². The highest BCUT2D eigenvalue weighted by Gasteiger charge is 2.05. The molecule has 0 radical (unpaired) electrons. The van der Waals surface area contributed by atoms with Crippen molar-refractivity contribution in [3.8, 4) is 0 Å². The van der Waals surface area contributed by atoms with Crippen LogP contribution in [-0.2, 0) is 19.4 Å². The van der Waals surface area contributed by atoms with E-state index in [-0.39, 0.29) is 24.0 Å². The number of pyridine rings is 1. The van der Waals surface area contributed by atoms with Gasteiger partial charge in [-0.25, -0.2) is 4.99 Å². The Labute approximate surface area is 177 Å². The van der Waals surface area contributed by atoms with Crippen LogP contribution in [0.3, 0.4) is 0 Å². The summed E-state index contributed by atoms with van der Waals surface area (Å²) >= 11 is 0. The zero-order chi connectivity index (χ0) is 18.2. The Bertz CT molecular complexity index is 874. The van der Waals surface area contributed by atoms with E-state index in [1.54, 1.807) is 0 Å². The third-order valence-electron chi connectivity index (χ3n) is 4.28. The number of hydrogen-bond acceptors (Lipinski definition) is 3. The molecule has 0 aliphatic rings. The summed E-state index contributed by atoms with van der Waals surface area (Å²) in [5.74, 6) is 1.77. The molecule has 0 spiro atoms. The van der Waals surface area contributed by atoms with Gasteiger partial charge in [0.2, 0.25) is 0 Å². The predicted molar refractivity (Wildman–Crippen MR) is 121 cm³/mol. The van der Waals surface area contributed by atoms with Crippen LogP contribution in [0.1, 0.15) is 30.8 Å². The summed E-state index contributed by atoms with van der Waals surface area (Å²) < 4.78 is 2.02. The summed E-state index contributed by atoms with van der Waals surface area (Å²) in [6, 6.07) is 14.4. The number of nitrogens with zero attached hydrogens (tertiary/aromatic N) is 4. The molecule has 0 fully saturated rings. The normalized spacial score (nSPS) is 11.3. The van der Waals surface area contributed by atoms with E-state index in [2.05, 4.69) is 58.9 Å². The number of nitrogens with one attached hydrogen (secondary N) is 2. The fourth-order valence-electron chi connectivity index (χ4n) is 2.92. The predicted octanol–water partition coefficient (Wildman–Crippen LogP) is 3.21. The number of guanidine groups is 1. The van der Waals surface area contributed by atoms with Crippen LogP contribution >= 0.6 is 24.0 Å². The van der Waals surface area contributed by atoms with E-state index < -0.39 is 0 Å². The fourth-order valence-corrected chi connectivity index (χ4v) is 2.92. The molecule has 27 heavy (non-hydrogen) atoms. The highest BCUT2D eigenvalue weighted by atomic mass is 127. The molecule has 0 atom stereocenters. The van der Waals surface area contributed by atoms with Gasteiger partial charge in [-0.1, -0.05) is 37.3 Å². The van der Waals surface area contributed by atoms with Crippen LogP contribution in [0, 0.1) is 0 Å². The van der Waals surface area contributed by atoms with Crippen molar-refractivity contribution >= 4 is 35.6 Å². The monoisotopic (exact) mass is 478 g/mol. The number of benzene rings is 1. The number of hydrogen-bond donors (Lipinski definition) is 2. The maximum atomic E-state index is 4.73. The number of fused-ring (bicyclic) bond motifs is 1. The van der Waals surface area contributed by atoms with E-state index in [4.69, 9.17) is 4.99 Å². The van der Waals surface area contributed by atoms with Crippen molar-refractivity contribution in [3.63, 3.8) is 0 Å². The molecule has 1 aromatic carbocycles. The van der Waals surface area contributed by atoms with Gasteiger partial charge in [0, 0.05) is 25.7 Å². The van der Waals surface area contributed by atoms with Crippen molar-refractivity contribution < 1.29 is 0 Å². The Balaban J connectivity index is 0.00000261. The molecule has 144 valence electrons. The maximum Gasteiger partial charge on any atom is 0.191 e. The first-order valence-electron chi connectivity index (χ1n) is 9.19. The highest BCUT2D eigenvalue weighted by molar-refractivity contribution is 14.0. The molecular formula is C20H27IN6. The van der Waals surface area contributed by atoms with E-state index in [9.17, 15) is 0 Å². The van der Waals surface area contributed by atoms with Crippen LogP contribution in [0.5, 0.6) is 0 Å². The molecule has 0 bridgehead atoms. The Morgan fingerprint density at radius 3 is 2.56 bits per heavy atom. The van der Waals surface area contributed by atoms with Gasteiger partial charge in [-0.2, -0.15) is 0 Å². The summed E-state index contributed by atoms with van der Waals surface area (Å²) in [6.07, 6.45) is 3.79. The van der Waals surface area contributed by atoms with Crippen LogP contribution < -0.4 is 10.6 Å². The molecule has 2 heterocycles. The van der Waals surface area contributed by atoms with Gasteiger partial charge in [0.15, 0.2) is 11.6 Å². The Kier molecular flexibility index (Phi) is 8.50. The van der Waals surface area contributed by atoms with Crippen molar-refractivity contribution in [1.82, 2.24) is 25.2 Å². The molecule has 3 rings (SSSR count). The SMILES string of the molecule is CCNC(=NCc1ccccc1CC)NCCc1nnc2ccccn12.I. The average molecular weight is 478 g/mol. The fraction of sp³-hybridized carbons (Fsp3) is 0.350. The van der Waals surface area contributed by atoms with Gasteiger partial charge in [-0.05, 0) is 36.6 Å². The van der Waals surface area contributed by atoms with Crippen molar-refractivity contribution in [2.45, 2.75) is 33.2 Å². The number of rotatable bonds is 7. The minimum Gasteiger partial charge on any atom is -0.357 e. The van der Waals surface area contributed by atoms with Crippen LogP contribution in [0.4, 0.5) is 0 Å². The van der Waals surface area contributed by atoms with Gasteiger partial charge < -0.3 is 10.6 Å². The average Bonchev–Trinajstić information content (AvgIpc) is 3.09. The van der Waals surface area contributed by atoms with E-state index in [1.807, 2.05) is 28.8 Å². The van der Waals surface area contributed by atoms with Crippen LogP contribution in [0.25, 0.3) is 5.65 Å². The third-order valence-corrected chi connectivity index (χ3v) is 4.28. The summed E-state index contributed by atoms with van der Waals surface area (Å²) in [4.78, 5) is 4.73. The molecule has 0 unspecified atom stereocenters. The smallest absolute Gasteiger partial charge is 0.191 e. The minimum atomic E-state index is 0. The summed E-state index contributed by atoms with van der Waals surface area (Å²) in [5, 5.41) is 15.1. The van der Waals surface area contributed by atoms with Gasteiger partial charge >= 0.3 is 0 Å². The minimum absolute atomic E-state index is 0. The van der Waals surface area contributed by atoms with E-state index in [0.717, 1.165) is 43.4 Å². The summed E-state index contributed by atoms with van der Waals surface area (Å²) in [7, 11) is 0. The Morgan fingerprint density at radius 2 is 1.78 bits per heavy atom. The van der Waals surface area contributed by atoms with E-state index in [0.29, 0.717) is 6.54 Å². The molecule has 0 saturated heterocycles. The quantitative estimate of drug-likeness (QED) is 0.311. The highest BCUT2D eigenvalue weighted by Crippen LogP contribution is 2.10. The summed E-state index contributed by atoms with van der Waals surface area (Å²) in [6.45, 7) is 6.50. The van der Waals surface area contributed by atoms with Crippen LogP contribution in [0.2, 0.25) is 0 Å². The first kappa shape index (κ1) is 21.1. The van der Waals surface area contributed by atoms with Crippen molar-refractivity contribution in [2.75, 3.05) is 13.1 Å². The Morgan fingerprint density at radius 1 is 1.00 bits per heavy atom. The van der Waals surface area contributed by atoms with Gasteiger partial charge in [-0.15, -0.1) is 34.2 Å². The first-order chi connectivity index (χ1) is 12.8. The third kappa shape index (κ3) is 5.66. The van der Waals surface area contributed by atoms with E-state index in [1.165, 1.54) is 11.1 Å². The van der Waals surface area contributed by atoms with Gasteiger partial charge in [0.05, 0.1) is 6.54 Å². The van der Waals surface area contributed by atoms with Crippen LogP contribution in [0.15, 0.2) is 53.7 Å². The molecule has 7 heteroatoms. The number of aromatic nitrogens is 3. The molecule has 6 nitrogen and oxygen atoms in total. The molecule has 0 aliphatic carbocycles. The number of aliphatic imine (C=N–C) groups is 1. The molecule has 0 aliphatic heterocycles. The lowest BCUT2D eigenvalue weighted by Gasteiger charge is -2.12. The maximum absolute atomic E-state index is 4.73. The molecule has 0 saturated carbocycles. The molecule has 0 amide bonds. The Hall–Kier alpha value is -2.16. The van der Waals surface area contributed by atoms with Gasteiger partial charge in [-0.3, -0.25) is 4.40 Å². The first-order valence-corrected chi connectivity index (χ1v) is 9.19. The van der Waals surface area contributed by atoms with Gasteiger partial charge in [0.25, 0.3) is 0 Å². The lowest BCUT2D eigenvalue weighted by Crippen LogP contribution is -2.38. The lowest BCUT2D eigenvalue weighted by atomic mass is 10.1. The second-order valence-electron chi connectivity index (χ2n) is 6.04. The largest absolute Gasteiger partial charge is 0.357 e. The summed E-state index contributed by atoms with van der Waals surface area (Å²) in [5.41, 5.74) is 3.50.